The maximum atomic E-state index is 5.74. The zero-order valence-corrected chi connectivity index (χ0v) is 9.60. The van der Waals surface area contributed by atoms with Gasteiger partial charge in [-0.25, -0.2) is 0 Å². The van der Waals surface area contributed by atoms with Crippen molar-refractivity contribution in [1.82, 2.24) is 4.98 Å². The van der Waals surface area contributed by atoms with E-state index in [-0.39, 0.29) is 0 Å². The Morgan fingerprint density at radius 2 is 2.06 bits per heavy atom. The molecule has 0 radical (unpaired) electrons. The van der Waals surface area contributed by atoms with Crippen molar-refractivity contribution in [2.24, 2.45) is 17.6 Å². The van der Waals surface area contributed by atoms with Crippen molar-refractivity contribution in [1.29, 1.82) is 0 Å². The molecule has 0 bridgehead atoms. The Kier molecular flexibility index (Phi) is 2.56. The van der Waals surface area contributed by atoms with Gasteiger partial charge in [0, 0.05) is 25.8 Å². The van der Waals surface area contributed by atoms with Gasteiger partial charge in [-0.05, 0) is 36.8 Å². The molecule has 2 unspecified atom stereocenters. The van der Waals surface area contributed by atoms with Crippen LogP contribution in [0.15, 0.2) is 18.3 Å². The molecule has 1 saturated heterocycles. The Labute approximate surface area is 96.7 Å². The lowest BCUT2D eigenvalue weighted by atomic mass is 10.0. The zero-order valence-electron chi connectivity index (χ0n) is 9.60. The van der Waals surface area contributed by atoms with Crippen LogP contribution in [0, 0.1) is 11.8 Å². The van der Waals surface area contributed by atoms with Crippen molar-refractivity contribution in [3.8, 4) is 0 Å². The van der Waals surface area contributed by atoms with E-state index in [0.29, 0.717) is 6.54 Å². The number of nitrogens with zero attached hydrogens (tertiary/aromatic N) is 2. The molecule has 1 aromatic heterocycles. The number of fused-ring (bicyclic) bond motifs is 1. The van der Waals surface area contributed by atoms with Crippen LogP contribution in [0.1, 0.15) is 25.0 Å². The molecule has 2 fully saturated rings. The van der Waals surface area contributed by atoms with Crippen molar-refractivity contribution >= 4 is 5.69 Å². The van der Waals surface area contributed by atoms with E-state index < -0.39 is 0 Å². The summed E-state index contributed by atoms with van der Waals surface area (Å²) in [5, 5.41) is 0. The lowest BCUT2D eigenvalue weighted by molar-refractivity contribution is 0.494. The van der Waals surface area contributed by atoms with Crippen molar-refractivity contribution in [2.45, 2.75) is 25.8 Å². The van der Waals surface area contributed by atoms with Gasteiger partial charge < -0.3 is 10.6 Å². The zero-order chi connectivity index (χ0) is 11.0. The van der Waals surface area contributed by atoms with Crippen molar-refractivity contribution in [3.05, 3.63) is 24.0 Å². The minimum absolute atomic E-state index is 0.544. The van der Waals surface area contributed by atoms with Gasteiger partial charge in [0.1, 0.15) is 0 Å². The molecular formula is C13H19N3. The first-order valence-electron chi connectivity index (χ1n) is 6.27. The van der Waals surface area contributed by atoms with Crippen LogP contribution in [-0.4, -0.2) is 18.1 Å². The second kappa shape index (κ2) is 4.06. The third kappa shape index (κ3) is 1.59. The number of hydrogen-bond acceptors (Lipinski definition) is 3. The Morgan fingerprint density at radius 3 is 2.75 bits per heavy atom. The number of pyridine rings is 1. The highest BCUT2D eigenvalue weighted by atomic mass is 15.2. The molecule has 3 heteroatoms. The van der Waals surface area contributed by atoms with E-state index in [2.05, 4.69) is 16.0 Å². The van der Waals surface area contributed by atoms with Crippen molar-refractivity contribution in [3.63, 3.8) is 0 Å². The van der Waals surface area contributed by atoms with Gasteiger partial charge in [-0.1, -0.05) is 6.42 Å². The fourth-order valence-corrected chi connectivity index (χ4v) is 3.31. The molecule has 86 valence electrons. The molecule has 1 aromatic rings. The maximum absolute atomic E-state index is 5.74. The minimum Gasteiger partial charge on any atom is -0.369 e. The van der Waals surface area contributed by atoms with Crippen LogP contribution in [0.5, 0.6) is 0 Å². The average molecular weight is 217 g/mol. The second-order valence-corrected chi connectivity index (χ2v) is 5.03. The van der Waals surface area contributed by atoms with Gasteiger partial charge in [-0.15, -0.1) is 0 Å². The Morgan fingerprint density at radius 1 is 1.31 bits per heavy atom. The first kappa shape index (κ1) is 10.1. The van der Waals surface area contributed by atoms with Crippen LogP contribution in [-0.2, 0) is 6.54 Å². The average Bonchev–Trinajstić information content (AvgIpc) is 2.89. The van der Waals surface area contributed by atoms with Crippen molar-refractivity contribution < 1.29 is 0 Å². The number of nitrogens with two attached hydrogens (primary N) is 1. The summed E-state index contributed by atoms with van der Waals surface area (Å²) < 4.78 is 0. The minimum atomic E-state index is 0.544. The standard InChI is InChI=1S/C13H19N3/c14-7-12-13(5-2-6-15-12)16-8-10-3-1-4-11(10)9-16/h2,5-6,10-11H,1,3-4,7-9,14H2. The summed E-state index contributed by atoms with van der Waals surface area (Å²) >= 11 is 0. The predicted molar refractivity (Wildman–Crippen MR) is 65.2 cm³/mol. The Hall–Kier alpha value is -1.09. The number of hydrogen-bond donors (Lipinski definition) is 1. The highest BCUT2D eigenvalue weighted by Crippen LogP contribution is 2.39. The quantitative estimate of drug-likeness (QED) is 0.821. The van der Waals surface area contributed by atoms with E-state index >= 15 is 0 Å². The molecule has 3 nitrogen and oxygen atoms in total. The lowest BCUT2D eigenvalue weighted by Crippen LogP contribution is -2.23. The molecule has 2 N–H and O–H groups in total. The molecule has 16 heavy (non-hydrogen) atoms. The molecule has 3 rings (SSSR count). The number of anilines is 1. The van der Waals surface area contributed by atoms with Crippen LogP contribution in [0.2, 0.25) is 0 Å². The summed E-state index contributed by atoms with van der Waals surface area (Å²) in [7, 11) is 0. The molecular weight excluding hydrogens is 198 g/mol. The SMILES string of the molecule is NCc1ncccc1N1CC2CCCC2C1. The third-order valence-corrected chi connectivity index (χ3v) is 4.13. The molecule has 2 heterocycles. The monoisotopic (exact) mass is 217 g/mol. The van der Waals surface area contributed by atoms with Gasteiger partial charge in [-0.3, -0.25) is 4.98 Å². The van der Waals surface area contributed by atoms with E-state index in [4.69, 9.17) is 5.73 Å². The number of rotatable bonds is 2. The maximum Gasteiger partial charge on any atom is 0.0772 e. The van der Waals surface area contributed by atoms with Gasteiger partial charge in [0.2, 0.25) is 0 Å². The van der Waals surface area contributed by atoms with Crippen LogP contribution in [0.3, 0.4) is 0 Å². The molecule has 2 aliphatic rings. The summed E-state index contributed by atoms with van der Waals surface area (Å²) in [6.07, 6.45) is 6.10. The van der Waals surface area contributed by atoms with Crippen LogP contribution < -0.4 is 10.6 Å². The first-order valence-corrected chi connectivity index (χ1v) is 6.27. The van der Waals surface area contributed by atoms with Gasteiger partial charge in [0.15, 0.2) is 0 Å². The molecule has 0 spiro atoms. The van der Waals surface area contributed by atoms with E-state index in [1.807, 2.05) is 12.3 Å². The molecule has 1 aliphatic carbocycles. The fraction of sp³-hybridized carbons (Fsp3) is 0.615. The summed E-state index contributed by atoms with van der Waals surface area (Å²) in [6, 6.07) is 4.18. The fourth-order valence-electron chi connectivity index (χ4n) is 3.31. The van der Waals surface area contributed by atoms with E-state index in [0.717, 1.165) is 17.5 Å². The molecule has 0 amide bonds. The van der Waals surface area contributed by atoms with E-state index in [1.54, 1.807) is 0 Å². The predicted octanol–water partition coefficient (Wildman–Crippen LogP) is 1.78. The van der Waals surface area contributed by atoms with Crippen LogP contribution >= 0.6 is 0 Å². The van der Waals surface area contributed by atoms with Crippen LogP contribution in [0.4, 0.5) is 5.69 Å². The number of aromatic nitrogens is 1. The van der Waals surface area contributed by atoms with E-state index in [1.165, 1.54) is 38.0 Å². The lowest BCUT2D eigenvalue weighted by Gasteiger charge is -2.21. The summed E-state index contributed by atoms with van der Waals surface area (Å²) in [6.45, 7) is 2.97. The van der Waals surface area contributed by atoms with Gasteiger partial charge in [0.25, 0.3) is 0 Å². The topological polar surface area (TPSA) is 42.1 Å². The van der Waals surface area contributed by atoms with E-state index in [9.17, 15) is 0 Å². The normalized spacial score (nSPS) is 28.4. The summed E-state index contributed by atoms with van der Waals surface area (Å²) in [5.41, 5.74) is 8.05. The van der Waals surface area contributed by atoms with Crippen LogP contribution in [0.25, 0.3) is 0 Å². The summed E-state index contributed by atoms with van der Waals surface area (Å²) in [5.74, 6) is 1.84. The smallest absolute Gasteiger partial charge is 0.0772 e. The van der Waals surface area contributed by atoms with Gasteiger partial charge in [0.05, 0.1) is 11.4 Å². The molecule has 1 aliphatic heterocycles. The molecule has 2 atom stereocenters. The second-order valence-electron chi connectivity index (χ2n) is 5.03. The third-order valence-electron chi connectivity index (χ3n) is 4.13. The van der Waals surface area contributed by atoms with Gasteiger partial charge >= 0.3 is 0 Å². The summed E-state index contributed by atoms with van der Waals surface area (Å²) in [4.78, 5) is 6.86. The van der Waals surface area contributed by atoms with Crippen molar-refractivity contribution in [2.75, 3.05) is 18.0 Å². The Bertz CT molecular complexity index is 365. The highest BCUT2D eigenvalue weighted by molar-refractivity contribution is 5.51. The van der Waals surface area contributed by atoms with Gasteiger partial charge in [-0.2, -0.15) is 0 Å². The molecule has 0 aromatic carbocycles. The first-order chi connectivity index (χ1) is 7.88. The Balaban J connectivity index is 1.83. The molecule has 1 saturated carbocycles. The largest absolute Gasteiger partial charge is 0.369 e. The highest BCUT2D eigenvalue weighted by Gasteiger charge is 2.36.